The molecule has 19 heavy (non-hydrogen) atoms. The third-order valence-electron chi connectivity index (χ3n) is 3.56. The van der Waals surface area contributed by atoms with Gasteiger partial charge in [0, 0.05) is 35.7 Å². The van der Waals surface area contributed by atoms with Crippen molar-refractivity contribution in [1.82, 2.24) is 0 Å². The van der Waals surface area contributed by atoms with Gasteiger partial charge < -0.3 is 10.0 Å². The van der Waals surface area contributed by atoms with Crippen molar-refractivity contribution in [3.05, 3.63) is 40.9 Å². The first kappa shape index (κ1) is 12.6. The van der Waals surface area contributed by atoms with Crippen LogP contribution in [0.3, 0.4) is 0 Å². The van der Waals surface area contributed by atoms with Gasteiger partial charge in [-0.25, -0.2) is 0 Å². The Morgan fingerprint density at radius 1 is 1.21 bits per heavy atom. The van der Waals surface area contributed by atoms with Gasteiger partial charge in [0.25, 0.3) is 0 Å². The molecule has 1 atom stereocenters. The minimum Gasteiger partial charge on any atom is -0.396 e. The number of fused-ring (bicyclic) bond motifs is 1. The monoisotopic (exact) mass is 319 g/mol. The summed E-state index contributed by atoms with van der Waals surface area (Å²) in [6.45, 7) is 0.681. The Labute approximate surface area is 120 Å². The topological polar surface area (TPSA) is 40.5 Å². The maximum absolute atomic E-state index is 11.9. The Balaban J connectivity index is 1.97. The molecule has 98 valence electrons. The molecule has 0 aromatic heterocycles. The molecule has 2 aromatic rings. The molecule has 1 aliphatic heterocycles. The van der Waals surface area contributed by atoms with E-state index in [-0.39, 0.29) is 18.4 Å². The summed E-state index contributed by atoms with van der Waals surface area (Å²) in [5.74, 6) is 0.156. The van der Waals surface area contributed by atoms with E-state index in [0.29, 0.717) is 13.0 Å². The van der Waals surface area contributed by atoms with E-state index >= 15 is 0 Å². The summed E-state index contributed by atoms with van der Waals surface area (Å²) in [7, 11) is 0. The second-order valence-corrected chi connectivity index (χ2v) is 5.85. The molecule has 1 fully saturated rings. The Bertz CT molecular complexity index is 641. The smallest absolute Gasteiger partial charge is 0.227 e. The van der Waals surface area contributed by atoms with E-state index < -0.39 is 0 Å². The summed E-state index contributed by atoms with van der Waals surface area (Å²) in [4.78, 5) is 13.7. The van der Waals surface area contributed by atoms with Gasteiger partial charge in [-0.2, -0.15) is 0 Å². The van der Waals surface area contributed by atoms with Crippen LogP contribution in [0.5, 0.6) is 0 Å². The second-order valence-electron chi connectivity index (χ2n) is 4.93. The summed E-state index contributed by atoms with van der Waals surface area (Å²) in [6.07, 6.45) is 0.439. The van der Waals surface area contributed by atoms with E-state index in [0.717, 1.165) is 20.9 Å². The van der Waals surface area contributed by atoms with Crippen LogP contribution in [-0.2, 0) is 4.79 Å². The number of amides is 1. The summed E-state index contributed by atoms with van der Waals surface area (Å²) < 4.78 is 1.05. The van der Waals surface area contributed by atoms with Crippen molar-refractivity contribution >= 4 is 38.3 Å². The van der Waals surface area contributed by atoms with Crippen LogP contribution < -0.4 is 4.90 Å². The van der Waals surface area contributed by atoms with E-state index in [9.17, 15) is 4.79 Å². The quantitative estimate of drug-likeness (QED) is 0.924. The number of hydrogen-bond donors (Lipinski definition) is 1. The number of anilines is 1. The van der Waals surface area contributed by atoms with Crippen LogP contribution in [0.25, 0.3) is 10.8 Å². The molecule has 0 saturated carbocycles. The molecular formula is C15H14BrNO2. The fourth-order valence-electron chi connectivity index (χ4n) is 2.53. The first-order valence-corrected chi connectivity index (χ1v) is 7.07. The highest BCUT2D eigenvalue weighted by molar-refractivity contribution is 9.10. The SMILES string of the molecule is O=C1CC(CO)CN1c1ccc2cc(Br)ccc2c1. The lowest BCUT2D eigenvalue weighted by atomic mass is 10.1. The lowest BCUT2D eigenvalue weighted by molar-refractivity contribution is -0.117. The molecule has 3 rings (SSSR count). The molecule has 1 amide bonds. The van der Waals surface area contributed by atoms with Crippen molar-refractivity contribution in [2.75, 3.05) is 18.1 Å². The van der Waals surface area contributed by atoms with Crippen molar-refractivity contribution in [3.63, 3.8) is 0 Å². The number of halogens is 1. The van der Waals surface area contributed by atoms with Gasteiger partial charge in [-0.1, -0.05) is 28.1 Å². The molecule has 3 nitrogen and oxygen atoms in total. The minimum atomic E-state index is 0.0631. The number of carbonyl (C=O) groups excluding carboxylic acids is 1. The van der Waals surface area contributed by atoms with Crippen molar-refractivity contribution in [3.8, 4) is 0 Å². The summed E-state index contributed by atoms with van der Waals surface area (Å²) in [5.41, 5.74) is 0.913. The third kappa shape index (κ3) is 2.38. The summed E-state index contributed by atoms with van der Waals surface area (Å²) in [6, 6.07) is 12.1. The Morgan fingerprint density at radius 2 is 1.95 bits per heavy atom. The number of rotatable bonds is 2. The average Bonchev–Trinajstić information content (AvgIpc) is 2.79. The first-order chi connectivity index (χ1) is 9.17. The maximum Gasteiger partial charge on any atom is 0.227 e. The first-order valence-electron chi connectivity index (χ1n) is 6.28. The lowest BCUT2D eigenvalue weighted by Crippen LogP contribution is -2.24. The predicted molar refractivity (Wildman–Crippen MR) is 79.2 cm³/mol. The van der Waals surface area contributed by atoms with Gasteiger partial charge in [0.05, 0.1) is 0 Å². The highest BCUT2D eigenvalue weighted by atomic mass is 79.9. The fraction of sp³-hybridized carbons (Fsp3) is 0.267. The van der Waals surface area contributed by atoms with Crippen LogP contribution in [-0.4, -0.2) is 24.2 Å². The number of nitrogens with zero attached hydrogens (tertiary/aromatic N) is 1. The van der Waals surface area contributed by atoms with Crippen molar-refractivity contribution in [1.29, 1.82) is 0 Å². The second kappa shape index (κ2) is 4.94. The highest BCUT2D eigenvalue weighted by Crippen LogP contribution is 2.29. The van der Waals surface area contributed by atoms with Gasteiger partial charge in [0.15, 0.2) is 0 Å². The molecule has 1 heterocycles. The number of benzene rings is 2. The maximum atomic E-state index is 11.9. The third-order valence-corrected chi connectivity index (χ3v) is 4.05. The highest BCUT2D eigenvalue weighted by Gasteiger charge is 2.29. The number of aliphatic hydroxyl groups excluding tert-OH is 1. The van der Waals surface area contributed by atoms with Crippen LogP contribution >= 0.6 is 15.9 Å². The van der Waals surface area contributed by atoms with Crippen LogP contribution in [0.1, 0.15) is 6.42 Å². The predicted octanol–water partition coefficient (Wildman–Crippen LogP) is 2.95. The van der Waals surface area contributed by atoms with E-state index in [1.54, 1.807) is 4.90 Å². The zero-order chi connectivity index (χ0) is 13.4. The standard InChI is InChI=1S/C15H14BrNO2/c16-13-3-1-12-7-14(4-2-11(12)6-13)17-8-10(9-18)5-15(17)19/h1-4,6-7,10,18H,5,8-9H2. The fourth-order valence-corrected chi connectivity index (χ4v) is 2.90. The molecule has 1 unspecified atom stereocenters. The molecular weight excluding hydrogens is 306 g/mol. The van der Waals surface area contributed by atoms with Gasteiger partial charge in [-0.05, 0) is 35.0 Å². The molecule has 1 saturated heterocycles. The molecule has 1 aliphatic rings. The minimum absolute atomic E-state index is 0.0631. The molecule has 4 heteroatoms. The van der Waals surface area contributed by atoms with E-state index in [1.807, 2.05) is 30.3 Å². The van der Waals surface area contributed by atoms with E-state index in [1.165, 1.54) is 0 Å². The average molecular weight is 320 g/mol. The summed E-state index contributed by atoms with van der Waals surface area (Å²) in [5, 5.41) is 11.4. The van der Waals surface area contributed by atoms with Crippen molar-refractivity contribution in [2.24, 2.45) is 5.92 Å². The Morgan fingerprint density at radius 3 is 2.68 bits per heavy atom. The summed E-state index contributed by atoms with van der Waals surface area (Å²) >= 11 is 3.45. The Kier molecular flexibility index (Phi) is 3.29. The van der Waals surface area contributed by atoms with Gasteiger partial charge in [-0.15, -0.1) is 0 Å². The normalized spacial score (nSPS) is 19.4. The van der Waals surface area contributed by atoms with Gasteiger partial charge in [0.2, 0.25) is 5.91 Å². The van der Waals surface area contributed by atoms with Gasteiger partial charge in [-0.3, -0.25) is 4.79 Å². The molecule has 2 aromatic carbocycles. The van der Waals surface area contributed by atoms with Gasteiger partial charge in [0.1, 0.15) is 0 Å². The van der Waals surface area contributed by atoms with Crippen molar-refractivity contribution < 1.29 is 9.90 Å². The van der Waals surface area contributed by atoms with Crippen LogP contribution in [0.2, 0.25) is 0 Å². The van der Waals surface area contributed by atoms with Crippen molar-refractivity contribution in [2.45, 2.75) is 6.42 Å². The zero-order valence-corrected chi connectivity index (χ0v) is 11.9. The zero-order valence-electron chi connectivity index (χ0n) is 10.3. The largest absolute Gasteiger partial charge is 0.396 e. The molecule has 0 bridgehead atoms. The molecule has 0 radical (unpaired) electrons. The Hall–Kier alpha value is -1.39. The van der Waals surface area contributed by atoms with Crippen LogP contribution in [0.4, 0.5) is 5.69 Å². The molecule has 0 aliphatic carbocycles. The van der Waals surface area contributed by atoms with E-state index in [2.05, 4.69) is 22.0 Å². The number of hydrogen-bond acceptors (Lipinski definition) is 2. The van der Waals surface area contributed by atoms with Gasteiger partial charge >= 0.3 is 0 Å². The van der Waals surface area contributed by atoms with Crippen LogP contribution in [0, 0.1) is 5.92 Å². The number of carbonyl (C=O) groups is 1. The lowest BCUT2D eigenvalue weighted by Gasteiger charge is -2.17. The van der Waals surface area contributed by atoms with E-state index in [4.69, 9.17) is 5.11 Å². The number of aliphatic hydroxyl groups is 1. The molecule has 1 N–H and O–H groups in total. The molecule has 0 spiro atoms. The van der Waals surface area contributed by atoms with Crippen LogP contribution in [0.15, 0.2) is 40.9 Å².